The second kappa shape index (κ2) is 9.27. The average Bonchev–Trinajstić information content (AvgIpc) is 3.43. The number of rotatable bonds is 4. The van der Waals surface area contributed by atoms with E-state index in [2.05, 4.69) is 173 Å². The number of hydrogen-bond donors (Lipinski definition) is 0. The summed E-state index contributed by atoms with van der Waals surface area (Å²) in [6, 6.07) is 55.4. The van der Waals surface area contributed by atoms with Gasteiger partial charge in [-0.25, -0.2) is 0 Å². The van der Waals surface area contributed by atoms with E-state index in [1.54, 1.807) is 0 Å². The SMILES string of the molecule is CC1(C)c2ccccc2-c2cccc([Si](c3ccccc3)(c3ccccc3)c3cccc4c3C(C)(C)c3ccccc3-4)c21. The molecule has 0 saturated carbocycles. The molecule has 2 aliphatic rings. The first-order chi connectivity index (χ1) is 20.9. The molecule has 0 amide bonds. The summed E-state index contributed by atoms with van der Waals surface area (Å²) in [4.78, 5) is 0. The second-order valence-corrected chi connectivity index (χ2v) is 17.0. The van der Waals surface area contributed by atoms with Crippen LogP contribution in [-0.4, -0.2) is 8.07 Å². The van der Waals surface area contributed by atoms with Crippen LogP contribution in [0, 0.1) is 0 Å². The highest BCUT2D eigenvalue weighted by Gasteiger charge is 2.51. The fraction of sp³-hybridized carbons (Fsp3) is 0.143. The molecule has 0 heterocycles. The van der Waals surface area contributed by atoms with Crippen molar-refractivity contribution in [2.45, 2.75) is 38.5 Å². The largest absolute Gasteiger partial charge is 0.180 e. The first kappa shape index (κ1) is 26.2. The minimum Gasteiger partial charge on any atom is -0.0623 e. The minimum atomic E-state index is -2.87. The van der Waals surface area contributed by atoms with Crippen molar-refractivity contribution in [2.24, 2.45) is 0 Å². The maximum Gasteiger partial charge on any atom is 0.180 e. The zero-order chi connectivity index (χ0) is 29.4. The fourth-order valence-corrected chi connectivity index (χ4v) is 14.2. The van der Waals surface area contributed by atoms with E-state index in [1.165, 1.54) is 65.3 Å². The molecule has 0 N–H and O–H groups in total. The van der Waals surface area contributed by atoms with E-state index in [-0.39, 0.29) is 10.8 Å². The van der Waals surface area contributed by atoms with E-state index in [9.17, 15) is 0 Å². The summed E-state index contributed by atoms with van der Waals surface area (Å²) in [6.07, 6.45) is 0. The van der Waals surface area contributed by atoms with Crippen LogP contribution in [-0.2, 0) is 10.8 Å². The van der Waals surface area contributed by atoms with Crippen LogP contribution < -0.4 is 20.7 Å². The third-order valence-corrected chi connectivity index (χ3v) is 15.2. The first-order valence-electron chi connectivity index (χ1n) is 15.5. The molecule has 0 bridgehead atoms. The van der Waals surface area contributed by atoms with Gasteiger partial charge in [0.05, 0.1) is 0 Å². The van der Waals surface area contributed by atoms with E-state index in [4.69, 9.17) is 0 Å². The van der Waals surface area contributed by atoms with Crippen molar-refractivity contribution in [1.82, 2.24) is 0 Å². The van der Waals surface area contributed by atoms with E-state index in [0.29, 0.717) is 0 Å². The van der Waals surface area contributed by atoms with Gasteiger partial charge in [0.2, 0.25) is 0 Å². The Kier molecular flexibility index (Phi) is 5.64. The van der Waals surface area contributed by atoms with Gasteiger partial charge in [-0.3, -0.25) is 0 Å². The molecule has 2 aliphatic carbocycles. The molecular weight excluding hydrogens is 533 g/mol. The fourth-order valence-electron chi connectivity index (χ4n) is 8.63. The van der Waals surface area contributed by atoms with Gasteiger partial charge in [0.15, 0.2) is 8.07 Å². The van der Waals surface area contributed by atoms with Crippen LogP contribution in [0.15, 0.2) is 146 Å². The predicted molar refractivity (Wildman–Crippen MR) is 185 cm³/mol. The summed E-state index contributed by atoms with van der Waals surface area (Å²) < 4.78 is 0. The minimum absolute atomic E-state index is 0.124. The van der Waals surface area contributed by atoms with Gasteiger partial charge in [0, 0.05) is 10.8 Å². The molecule has 8 rings (SSSR count). The number of fused-ring (bicyclic) bond motifs is 6. The third kappa shape index (κ3) is 3.43. The summed E-state index contributed by atoms with van der Waals surface area (Å²) in [5, 5.41) is 5.87. The van der Waals surface area contributed by atoms with E-state index in [0.717, 1.165) is 0 Å². The molecule has 6 aromatic rings. The van der Waals surface area contributed by atoms with E-state index >= 15 is 0 Å². The van der Waals surface area contributed by atoms with Crippen LogP contribution in [0.3, 0.4) is 0 Å². The predicted octanol–water partition coefficient (Wildman–Crippen LogP) is 7.68. The topological polar surface area (TPSA) is 0 Å². The van der Waals surface area contributed by atoms with Gasteiger partial charge in [0.25, 0.3) is 0 Å². The van der Waals surface area contributed by atoms with Crippen LogP contribution in [0.1, 0.15) is 49.9 Å². The molecule has 0 unspecified atom stereocenters. The van der Waals surface area contributed by atoms with Crippen LogP contribution in [0.2, 0.25) is 0 Å². The Labute approximate surface area is 256 Å². The number of benzene rings is 6. The molecule has 0 saturated heterocycles. The molecule has 0 nitrogen and oxygen atoms in total. The highest BCUT2D eigenvalue weighted by Crippen LogP contribution is 2.50. The van der Waals surface area contributed by atoms with Gasteiger partial charge in [-0.2, -0.15) is 0 Å². The molecule has 208 valence electrons. The lowest BCUT2D eigenvalue weighted by atomic mass is 9.82. The number of hydrogen-bond acceptors (Lipinski definition) is 0. The summed E-state index contributed by atoms with van der Waals surface area (Å²) in [7, 11) is -2.87. The van der Waals surface area contributed by atoms with Gasteiger partial charge in [-0.1, -0.05) is 173 Å². The van der Waals surface area contributed by atoms with Crippen molar-refractivity contribution in [3.63, 3.8) is 0 Å². The van der Waals surface area contributed by atoms with Crippen molar-refractivity contribution in [3.8, 4) is 22.3 Å². The molecule has 1 heteroatoms. The smallest absolute Gasteiger partial charge is 0.0623 e. The van der Waals surface area contributed by atoms with Gasteiger partial charge < -0.3 is 0 Å². The average molecular weight is 569 g/mol. The summed E-state index contributed by atoms with van der Waals surface area (Å²) in [5.74, 6) is 0. The van der Waals surface area contributed by atoms with Crippen molar-refractivity contribution >= 4 is 28.8 Å². The summed E-state index contributed by atoms with van der Waals surface area (Å²) in [6.45, 7) is 9.74. The monoisotopic (exact) mass is 568 g/mol. The quantitative estimate of drug-likeness (QED) is 0.151. The Hall–Kier alpha value is -4.46. The normalized spacial score (nSPS) is 15.3. The maximum atomic E-state index is 2.48. The van der Waals surface area contributed by atoms with Gasteiger partial charge in [0.1, 0.15) is 0 Å². The standard InChI is InChI=1S/C42H36Si/c1-41(2)35-25-13-11-21-31(35)33-23-15-27-37(39(33)41)43(29-17-7-5-8-18-29,30-19-9-6-10-20-30)38-28-16-24-34-32-22-12-14-26-36(32)42(3,4)40(34)38/h5-28H,1-4H3. The molecular formula is C42H36Si. The van der Waals surface area contributed by atoms with Crippen LogP contribution in [0.4, 0.5) is 0 Å². The molecule has 0 spiro atoms. The van der Waals surface area contributed by atoms with Crippen LogP contribution in [0.25, 0.3) is 22.3 Å². The Morgan fingerprint density at radius 2 is 0.698 bits per heavy atom. The highest BCUT2D eigenvalue weighted by atomic mass is 28.3. The van der Waals surface area contributed by atoms with Crippen molar-refractivity contribution in [3.05, 3.63) is 168 Å². The molecule has 0 atom stereocenters. The van der Waals surface area contributed by atoms with E-state index < -0.39 is 8.07 Å². The Bertz CT molecular complexity index is 1870. The first-order valence-corrected chi connectivity index (χ1v) is 17.5. The second-order valence-electron chi connectivity index (χ2n) is 13.3. The summed E-state index contributed by atoms with van der Waals surface area (Å²) >= 11 is 0. The zero-order valence-electron chi connectivity index (χ0n) is 25.4. The Morgan fingerprint density at radius 3 is 1.12 bits per heavy atom. The molecule has 0 aliphatic heterocycles. The highest BCUT2D eigenvalue weighted by molar-refractivity contribution is 7.20. The van der Waals surface area contributed by atoms with Crippen LogP contribution >= 0.6 is 0 Å². The Balaban J connectivity index is 1.58. The van der Waals surface area contributed by atoms with Crippen LogP contribution in [0.5, 0.6) is 0 Å². The molecule has 0 fully saturated rings. The lowest BCUT2D eigenvalue weighted by Gasteiger charge is -2.41. The molecule has 43 heavy (non-hydrogen) atoms. The summed E-state index contributed by atoms with van der Waals surface area (Å²) in [5.41, 5.74) is 11.1. The van der Waals surface area contributed by atoms with Crippen molar-refractivity contribution < 1.29 is 0 Å². The third-order valence-electron chi connectivity index (χ3n) is 10.4. The molecule has 0 radical (unpaired) electrons. The van der Waals surface area contributed by atoms with Crippen molar-refractivity contribution in [2.75, 3.05) is 0 Å². The van der Waals surface area contributed by atoms with Gasteiger partial charge >= 0.3 is 0 Å². The molecule has 0 aromatic heterocycles. The van der Waals surface area contributed by atoms with Crippen molar-refractivity contribution in [1.29, 1.82) is 0 Å². The maximum absolute atomic E-state index is 2.87. The van der Waals surface area contributed by atoms with Gasteiger partial charge in [-0.05, 0) is 65.3 Å². The lowest BCUT2D eigenvalue weighted by Crippen LogP contribution is -2.76. The van der Waals surface area contributed by atoms with E-state index in [1.807, 2.05) is 0 Å². The zero-order valence-corrected chi connectivity index (χ0v) is 26.4. The van der Waals surface area contributed by atoms with Gasteiger partial charge in [-0.15, -0.1) is 0 Å². The molecule has 6 aromatic carbocycles. The lowest BCUT2D eigenvalue weighted by molar-refractivity contribution is 0.663. The Morgan fingerprint density at radius 1 is 0.349 bits per heavy atom.